The van der Waals surface area contributed by atoms with Gasteiger partial charge in [-0.1, -0.05) is 11.3 Å². The van der Waals surface area contributed by atoms with Crippen molar-refractivity contribution in [2.75, 3.05) is 25.2 Å². The predicted molar refractivity (Wildman–Crippen MR) is 75.4 cm³/mol. The molecule has 1 aliphatic carbocycles. The summed E-state index contributed by atoms with van der Waals surface area (Å²) in [6, 6.07) is 0.273. The van der Waals surface area contributed by atoms with Gasteiger partial charge in [0.2, 0.25) is 0 Å². The Hall–Kier alpha value is -1.14. The largest absolute Gasteiger partial charge is 0.477 e. The Morgan fingerprint density at radius 2 is 2.26 bits per heavy atom. The fraction of sp³-hybridized carbons (Fsp3) is 0.692. The van der Waals surface area contributed by atoms with Gasteiger partial charge in [0.15, 0.2) is 5.13 Å². The van der Waals surface area contributed by atoms with E-state index in [0.29, 0.717) is 17.4 Å². The molecule has 2 rings (SSSR count). The lowest BCUT2D eigenvalue weighted by Crippen LogP contribution is -2.33. The highest BCUT2D eigenvalue weighted by molar-refractivity contribution is 7.17. The number of aromatic carboxylic acids is 1. The molecule has 0 aromatic carbocycles. The van der Waals surface area contributed by atoms with Gasteiger partial charge in [-0.05, 0) is 26.7 Å². The molecule has 1 aromatic rings. The molecule has 0 amide bonds. The highest BCUT2D eigenvalue weighted by Gasteiger charge is 2.33. The number of rotatable bonds is 7. The van der Waals surface area contributed by atoms with E-state index in [1.165, 1.54) is 11.3 Å². The van der Waals surface area contributed by atoms with E-state index in [-0.39, 0.29) is 6.04 Å². The number of anilines is 1. The van der Waals surface area contributed by atoms with Gasteiger partial charge in [-0.3, -0.25) is 0 Å². The maximum absolute atomic E-state index is 11.3. The smallest absolute Gasteiger partial charge is 0.347 e. The predicted octanol–water partition coefficient (Wildman–Crippen LogP) is 2.58. The Kier molecular flexibility index (Phi) is 4.42. The Labute approximate surface area is 117 Å². The van der Waals surface area contributed by atoms with Crippen LogP contribution in [0.15, 0.2) is 0 Å². The summed E-state index contributed by atoms with van der Waals surface area (Å²) in [5.74, 6) is -0.506. The summed E-state index contributed by atoms with van der Waals surface area (Å²) in [5, 5.41) is 10.1. The molecule has 106 valence electrons. The number of nitrogens with zero attached hydrogens (tertiary/aromatic N) is 2. The third kappa shape index (κ3) is 3.25. The van der Waals surface area contributed by atoms with Crippen LogP contribution < -0.4 is 4.90 Å². The van der Waals surface area contributed by atoms with E-state index in [9.17, 15) is 9.90 Å². The number of hydrogen-bond acceptors (Lipinski definition) is 5. The van der Waals surface area contributed by atoms with Gasteiger partial charge >= 0.3 is 5.97 Å². The zero-order valence-electron chi connectivity index (χ0n) is 11.5. The number of carboxylic acid groups (broad SMARTS) is 1. The number of carboxylic acids is 1. The van der Waals surface area contributed by atoms with Crippen molar-refractivity contribution in [3.63, 3.8) is 0 Å². The third-order valence-electron chi connectivity index (χ3n) is 3.21. The minimum absolute atomic E-state index is 0.273. The SMILES string of the molecule is COCCN(c1nc(C2CC2)c(C(=O)O)s1)C(C)C. The van der Waals surface area contributed by atoms with Crippen LogP contribution in [0, 0.1) is 0 Å². The van der Waals surface area contributed by atoms with Crippen molar-refractivity contribution in [3.05, 3.63) is 10.6 Å². The van der Waals surface area contributed by atoms with Crippen molar-refractivity contribution in [2.45, 2.75) is 38.6 Å². The number of hydrogen-bond donors (Lipinski definition) is 1. The number of carbonyl (C=O) groups is 1. The summed E-state index contributed by atoms with van der Waals surface area (Å²) >= 11 is 1.28. The second kappa shape index (κ2) is 5.88. The normalized spacial score (nSPS) is 14.9. The molecule has 0 aliphatic heterocycles. The lowest BCUT2D eigenvalue weighted by atomic mass is 10.2. The molecule has 1 saturated carbocycles. The summed E-state index contributed by atoms with van der Waals surface area (Å²) in [7, 11) is 1.67. The van der Waals surface area contributed by atoms with Crippen LogP contribution in [-0.2, 0) is 4.74 Å². The number of aromatic nitrogens is 1. The molecule has 0 radical (unpaired) electrons. The molecule has 1 aromatic heterocycles. The molecule has 0 saturated heterocycles. The minimum atomic E-state index is -0.860. The van der Waals surface area contributed by atoms with E-state index in [2.05, 4.69) is 23.7 Å². The molecule has 0 unspecified atom stereocenters. The average Bonchev–Trinajstić information content (AvgIpc) is 3.09. The van der Waals surface area contributed by atoms with Crippen molar-refractivity contribution >= 4 is 22.4 Å². The molecule has 1 aliphatic rings. The van der Waals surface area contributed by atoms with E-state index in [0.717, 1.165) is 30.2 Å². The second-order valence-electron chi connectivity index (χ2n) is 5.07. The van der Waals surface area contributed by atoms with Gasteiger partial charge in [0.05, 0.1) is 12.3 Å². The molecule has 19 heavy (non-hydrogen) atoms. The molecule has 0 atom stereocenters. The fourth-order valence-electron chi connectivity index (χ4n) is 1.99. The topological polar surface area (TPSA) is 62.7 Å². The first kappa shape index (κ1) is 14.3. The van der Waals surface area contributed by atoms with Gasteiger partial charge < -0.3 is 14.7 Å². The van der Waals surface area contributed by atoms with Gasteiger partial charge in [-0.25, -0.2) is 9.78 Å². The van der Waals surface area contributed by atoms with Crippen molar-refractivity contribution in [1.29, 1.82) is 0 Å². The van der Waals surface area contributed by atoms with E-state index in [1.807, 2.05) is 0 Å². The van der Waals surface area contributed by atoms with Crippen LogP contribution in [0.25, 0.3) is 0 Å². The summed E-state index contributed by atoms with van der Waals surface area (Å²) in [5.41, 5.74) is 0.774. The Balaban J connectivity index is 2.26. The van der Waals surface area contributed by atoms with Gasteiger partial charge in [0.25, 0.3) is 0 Å². The standard InChI is InChI=1S/C13H20N2O3S/c1-8(2)15(6-7-18-3)13-14-10(9-4-5-9)11(19-13)12(16)17/h8-9H,4-7H2,1-3H3,(H,16,17). The zero-order chi connectivity index (χ0) is 14.0. The van der Waals surface area contributed by atoms with Crippen LogP contribution in [0.2, 0.25) is 0 Å². The molecule has 0 bridgehead atoms. The Morgan fingerprint density at radius 3 is 2.74 bits per heavy atom. The molecule has 6 heteroatoms. The molecule has 5 nitrogen and oxygen atoms in total. The first-order valence-electron chi connectivity index (χ1n) is 6.54. The van der Waals surface area contributed by atoms with E-state index < -0.39 is 5.97 Å². The zero-order valence-corrected chi connectivity index (χ0v) is 12.4. The van der Waals surface area contributed by atoms with Crippen LogP contribution in [-0.4, -0.2) is 42.4 Å². The summed E-state index contributed by atoms with van der Waals surface area (Å²) < 4.78 is 5.11. The van der Waals surface area contributed by atoms with Crippen molar-refractivity contribution in [3.8, 4) is 0 Å². The van der Waals surface area contributed by atoms with E-state index >= 15 is 0 Å². The molecular formula is C13H20N2O3S. The van der Waals surface area contributed by atoms with Crippen molar-refractivity contribution in [1.82, 2.24) is 4.98 Å². The van der Waals surface area contributed by atoms with Gasteiger partial charge in [-0.2, -0.15) is 0 Å². The first-order valence-corrected chi connectivity index (χ1v) is 7.35. The van der Waals surface area contributed by atoms with Crippen LogP contribution in [0.4, 0.5) is 5.13 Å². The third-order valence-corrected chi connectivity index (χ3v) is 4.30. The fourth-order valence-corrected chi connectivity index (χ4v) is 3.14. The molecular weight excluding hydrogens is 264 g/mol. The maximum atomic E-state index is 11.3. The highest BCUT2D eigenvalue weighted by atomic mass is 32.1. The van der Waals surface area contributed by atoms with Crippen LogP contribution >= 0.6 is 11.3 Å². The molecule has 1 heterocycles. The van der Waals surface area contributed by atoms with Crippen molar-refractivity contribution in [2.24, 2.45) is 0 Å². The van der Waals surface area contributed by atoms with Crippen LogP contribution in [0.3, 0.4) is 0 Å². The lowest BCUT2D eigenvalue weighted by Gasteiger charge is -2.25. The Morgan fingerprint density at radius 1 is 1.58 bits per heavy atom. The number of ether oxygens (including phenoxy) is 1. The summed E-state index contributed by atoms with van der Waals surface area (Å²) in [6.45, 7) is 5.49. The average molecular weight is 284 g/mol. The van der Waals surface area contributed by atoms with Crippen molar-refractivity contribution < 1.29 is 14.6 Å². The van der Waals surface area contributed by atoms with Crippen LogP contribution in [0.1, 0.15) is 48.0 Å². The monoisotopic (exact) mass is 284 g/mol. The molecule has 1 N–H and O–H groups in total. The molecule has 1 fully saturated rings. The van der Waals surface area contributed by atoms with E-state index in [4.69, 9.17) is 4.74 Å². The Bertz CT molecular complexity index is 455. The maximum Gasteiger partial charge on any atom is 0.347 e. The lowest BCUT2D eigenvalue weighted by molar-refractivity contribution is 0.0700. The quantitative estimate of drug-likeness (QED) is 0.833. The minimum Gasteiger partial charge on any atom is -0.477 e. The first-order chi connectivity index (χ1) is 9.04. The molecule has 0 spiro atoms. The van der Waals surface area contributed by atoms with Gasteiger partial charge in [0.1, 0.15) is 4.88 Å². The highest BCUT2D eigenvalue weighted by Crippen LogP contribution is 2.44. The summed E-state index contributed by atoms with van der Waals surface area (Å²) in [6.07, 6.45) is 2.12. The number of thiazole rings is 1. The van der Waals surface area contributed by atoms with E-state index in [1.54, 1.807) is 7.11 Å². The van der Waals surface area contributed by atoms with Gasteiger partial charge in [0, 0.05) is 25.6 Å². The second-order valence-corrected chi connectivity index (χ2v) is 6.05. The summed E-state index contributed by atoms with van der Waals surface area (Å²) in [4.78, 5) is 18.4. The van der Waals surface area contributed by atoms with Gasteiger partial charge in [-0.15, -0.1) is 0 Å². The number of methoxy groups -OCH3 is 1. The van der Waals surface area contributed by atoms with Crippen LogP contribution in [0.5, 0.6) is 0 Å².